The molecule has 2 aromatic carbocycles. The van der Waals surface area contributed by atoms with Gasteiger partial charge in [0.05, 0.1) is 0 Å². The summed E-state index contributed by atoms with van der Waals surface area (Å²) >= 11 is 0. The highest BCUT2D eigenvalue weighted by Gasteiger charge is 2.16. The van der Waals surface area contributed by atoms with Crippen molar-refractivity contribution < 1.29 is 19.5 Å². The average molecular weight is 478 g/mol. The van der Waals surface area contributed by atoms with Gasteiger partial charge in [-0.3, -0.25) is 19.7 Å². The first-order valence-corrected chi connectivity index (χ1v) is 11.9. The Hall–Kier alpha value is -3.42. The molecule has 3 aromatic rings. The Bertz CT molecular complexity index is 1140. The highest BCUT2D eigenvalue weighted by atomic mass is 16.6. The zero-order chi connectivity index (χ0) is 25.3. The molecule has 3 rings (SSSR count). The fourth-order valence-corrected chi connectivity index (χ4v) is 3.93. The second kappa shape index (κ2) is 12.3. The summed E-state index contributed by atoms with van der Waals surface area (Å²) in [5, 5.41) is 9.85. The molecule has 186 valence electrons. The van der Waals surface area contributed by atoms with Crippen molar-refractivity contribution in [1.29, 1.82) is 0 Å². The first-order chi connectivity index (χ1) is 16.7. The third kappa shape index (κ3) is 8.70. The Morgan fingerprint density at radius 2 is 1.83 bits per heavy atom. The van der Waals surface area contributed by atoms with E-state index in [1.165, 1.54) is 17.0 Å². The summed E-state index contributed by atoms with van der Waals surface area (Å²) in [5.41, 5.74) is 5.54. The van der Waals surface area contributed by atoms with Crippen molar-refractivity contribution in [2.24, 2.45) is 0 Å². The smallest absolute Gasteiger partial charge is 0.306 e. The van der Waals surface area contributed by atoms with E-state index in [0.717, 1.165) is 49.1 Å². The maximum atomic E-state index is 12.2. The van der Waals surface area contributed by atoms with E-state index in [2.05, 4.69) is 34.3 Å². The molecule has 0 saturated heterocycles. The standard InChI is InChI=1S/C28H35N3O4/c1-28(2,3)35-27(33)9-6-17-31(18-16-23-19-29-25-8-5-4-7-24(23)25)20-22-12-10-21(11-13-22)14-15-26(32)30-34/h4-5,7-8,10-15,19,29,34H,6,9,16-18,20H2,1-3H3,(H,30,32)/b15-14+. The summed E-state index contributed by atoms with van der Waals surface area (Å²) in [6, 6.07) is 16.2. The fraction of sp³-hybridized carbons (Fsp3) is 0.357. The predicted molar refractivity (Wildman–Crippen MR) is 138 cm³/mol. The molecular weight excluding hydrogens is 442 g/mol. The topological polar surface area (TPSA) is 94.7 Å². The van der Waals surface area contributed by atoms with Crippen LogP contribution in [0.1, 0.15) is 50.3 Å². The number of nitrogens with one attached hydrogen (secondary N) is 2. The molecule has 0 fully saturated rings. The number of carbonyl (C=O) groups excluding carboxylic acids is 2. The van der Waals surface area contributed by atoms with Crippen LogP contribution < -0.4 is 5.48 Å². The van der Waals surface area contributed by atoms with E-state index in [4.69, 9.17) is 9.94 Å². The number of benzene rings is 2. The molecular formula is C28H35N3O4. The summed E-state index contributed by atoms with van der Waals surface area (Å²) in [5.74, 6) is -0.736. The largest absolute Gasteiger partial charge is 0.460 e. The monoisotopic (exact) mass is 477 g/mol. The van der Waals surface area contributed by atoms with Crippen LogP contribution in [0, 0.1) is 0 Å². The van der Waals surface area contributed by atoms with Crippen molar-refractivity contribution in [3.8, 4) is 0 Å². The van der Waals surface area contributed by atoms with Crippen molar-refractivity contribution in [2.45, 2.75) is 52.2 Å². The van der Waals surface area contributed by atoms with Gasteiger partial charge in [0, 0.05) is 42.7 Å². The molecule has 0 spiro atoms. The fourth-order valence-electron chi connectivity index (χ4n) is 3.93. The zero-order valence-electron chi connectivity index (χ0n) is 20.7. The number of H-pyrrole nitrogens is 1. The molecule has 0 radical (unpaired) electrons. The van der Waals surface area contributed by atoms with E-state index in [-0.39, 0.29) is 5.97 Å². The minimum Gasteiger partial charge on any atom is -0.460 e. The molecule has 3 N–H and O–H groups in total. The van der Waals surface area contributed by atoms with Gasteiger partial charge < -0.3 is 9.72 Å². The molecule has 1 amide bonds. The predicted octanol–water partition coefficient (Wildman–Crippen LogP) is 4.85. The van der Waals surface area contributed by atoms with Gasteiger partial charge in [-0.15, -0.1) is 0 Å². The number of hydroxylamine groups is 1. The minimum atomic E-state index is -0.567. The SMILES string of the molecule is CC(C)(C)OC(=O)CCCN(CCc1c[nH]c2ccccc12)Cc1ccc(/C=C/C(=O)NO)cc1. The van der Waals surface area contributed by atoms with Gasteiger partial charge in [-0.1, -0.05) is 42.5 Å². The van der Waals surface area contributed by atoms with Gasteiger partial charge in [-0.2, -0.15) is 0 Å². The summed E-state index contributed by atoms with van der Waals surface area (Å²) in [7, 11) is 0. The normalized spacial score (nSPS) is 11.9. The summed E-state index contributed by atoms with van der Waals surface area (Å²) in [6.07, 6.45) is 7.00. The van der Waals surface area contributed by atoms with Crippen LogP contribution >= 0.6 is 0 Å². The van der Waals surface area contributed by atoms with Gasteiger partial charge >= 0.3 is 5.97 Å². The number of carbonyl (C=O) groups is 2. The van der Waals surface area contributed by atoms with Gasteiger partial charge in [0.2, 0.25) is 0 Å². The van der Waals surface area contributed by atoms with Crippen LogP contribution in [-0.2, 0) is 27.3 Å². The van der Waals surface area contributed by atoms with Crippen molar-refractivity contribution >= 4 is 28.9 Å². The van der Waals surface area contributed by atoms with Crippen LogP contribution in [0.3, 0.4) is 0 Å². The molecule has 0 bridgehead atoms. The lowest BCUT2D eigenvalue weighted by Gasteiger charge is -2.23. The van der Waals surface area contributed by atoms with Gasteiger partial charge in [-0.25, -0.2) is 5.48 Å². The molecule has 0 aliphatic heterocycles. The molecule has 0 aliphatic rings. The lowest BCUT2D eigenvalue weighted by molar-refractivity contribution is -0.155. The van der Waals surface area contributed by atoms with E-state index in [1.807, 2.05) is 51.1 Å². The van der Waals surface area contributed by atoms with Gasteiger partial charge in [0.1, 0.15) is 5.60 Å². The van der Waals surface area contributed by atoms with E-state index in [1.54, 1.807) is 11.6 Å². The van der Waals surface area contributed by atoms with Gasteiger partial charge in [0.15, 0.2) is 0 Å². The lowest BCUT2D eigenvalue weighted by atomic mass is 10.1. The molecule has 1 aromatic heterocycles. The number of ether oxygens (including phenoxy) is 1. The summed E-state index contributed by atoms with van der Waals surface area (Å²) in [6.45, 7) is 8.03. The van der Waals surface area contributed by atoms with Crippen LogP contribution in [0.25, 0.3) is 17.0 Å². The molecule has 35 heavy (non-hydrogen) atoms. The van der Waals surface area contributed by atoms with Crippen molar-refractivity contribution in [1.82, 2.24) is 15.4 Å². The Kier molecular flexibility index (Phi) is 9.23. The number of aromatic amines is 1. The molecule has 7 heteroatoms. The number of hydrogen-bond acceptors (Lipinski definition) is 5. The summed E-state index contributed by atoms with van der Waals surface area (Å²) < 4.78 is 5.45. The van der Waals surface area contributed by atoms with Crippen molar-refractivity contribution in [3.05, 3.63) is 77.5 Å². The first-order valence-electron chi connectivity index (χ1n) is 11.9. The second-order valence-corrected chi connectivity index (χ2v) is 9.63. The number of rotatable bonds is 11. The highest BCUT2D eigenvalue weighted by molar-refractivity contribution is 5.90. The second-order valence-electron chi connectivity index (χ2n) is 9.63. The minimum absolute atomic E-state index is 0.169. The number of esters is 1. The number of aromatic nitrogens is 1. The number of amides is 1. The molecule has 0 aliphatic carbocycles. The van der Waals surface area contributed by atoms with Crippen LogP contribution in [0.5, 0.6) is 0 Å². The van der Waals surface area contributed by atoms with Gasteiger partial charge in [-0.05, 0) is 69.0 Å². The molecule has 0 saturated carbocycles. The number of hydrogen-bond donors (Lipinski definition) is 3. The van der Waals surface area contributed by atoms with E-state index >= 15 is 0 Å². The summed E-state index contributed by atoms with van der Waals surface area (Å²) in [4.78, 5) is 29.0. The molecule has 0 unspecified atom stereocenters. The molecule has 7 nitrogen and oxygen atoms in total. The third-order valence-corrected chi connectivity index (χ3v) is 5.57. The Labute approximate surface area is 206 Å². The molecule has 1 heterocycles. The number of para-hydroxylation sites is 1. The first kappa shape index (κ1) is 26.2. The van der Waals surface area contributed by atoms with E-state index in [0.29, 0.717) is 6.42 Å². The third-order valence-electron chi connectivity index (χ3n) is 5.57. The van der Waals surface area contributed by atoms with Crippen LogP contribution in [0.4, 0.5) is 0 Å². The lowest BCUT2D eigenvalue weighted by Crippen LogP contribution is -2.28. The van der Waals surface area contributed by atoms with E-state index < -0.39 is 11.5 Å². The van der Waals surface area contributed by atoms with Crippen LogP contribution in [0.2, 0.25) is 0 Å². The maximum absolute atomic E-state index is 12.2. The van der Waals surface area contributed by atoms with E-state index in [9.17, 15) is 9.59 Å². The number of nitrogens with zero attached hydrogens (tertiary/aromatic N) is 1. The van der Waals surface area contributed by atoms with Crippen molar-refractivity contribution in [3.63, 3.8) is 0 Å². The Morgan fingerprint density at radius 3 is 2.54 bits per heavy atom. The van der Waals surface area contributed by atoms with Crippen LogP contribution in [-0.4, -0.2) is 45.7 Å². The number of fused-ring (bicyclic) bond motifs is 1. The van der Waals surface area contributed by atoms with Gasteiger partial charge in [0.25, 0.3) is 5.91 Å². The van der Waals surface area contributed by atoms with Crippen LogP contribution in [0.15, 0.2) is 60.8 Å². The Balaban J connectivity index is 1.64. The highest BCUT2D eigenvalue weighted by Crippen LogP contribution is 2.19. The zero-order valence-corrected chi connectivity index (χ0v) is 20.7. The maximum Gasteiger partial charge on any atom is 0.306 e. The average Bonchev–Trinajstić information content (AvgIpc) is 3.23. The Morgan fingerprint density at radius 1 is 1.09 bits per heavy atom. The molecule has 0 atom stereocenters. The van der Waals surface area contributed by atoms with Crippen molar-refractivity contribution in [2.75, 3.05) is 13.1 Å². The quantitative estimate of drug-likeness (QED) is 0.159.